The van der Waals surface area contributed by atoms with Crippen LogP contribution in [0.3, 0.4) is 0 Å². The second-order valence-electron chi connectivity index (χ2n) is 5.16. The number of aromatic nitrogens is 4. The molecule has 3 rings (SSSR count). The van der Waals surface area contributed by atoms with Crippen molar-refractivity contribution in [2.45, 2.75) is 6.54 Å². The maximum absolute atomic E-state index is 10.8. The van der Waals surface area contributed by atoms with Crippen molar-refractivity contribution in [3.05, 3.63) is 60.7 Å². The molecule has 0 unspecified atom stereocenters. The van der Waals surface area contributed by atoms with Crippen molar-refractivity contribution in [2.75, 3.05) is 17.2 Å². The SMILES string of the molecule is O=C(O)CNc1nc(NCc2cccnc2)cc(-c2ccncc2)n1. The minimum Gasteiger partial charge on any atom is -0.480 e. The highest BCUT2D eigenvalue weighted by Gasteiger charge is 2.08. The largest absolute Gasteiger partial charge is 0.480 e. The Kier molecular flexibility index (Phi) is 5.10. The molecule has 0 aromatic carbocycles. The average Bonchev–Trinajstić information content (AvgIpc) is 2.66. The zero-order chi connectivity index (χ0) is 17.5. The maximum Gasteiger partial charge on any atom is 0.322 e. The van der Waals surface area contributed by atoms with Crippen LogP contribution in [-0.4, -0.2) is 37.6 Å². The molecule has 0 bridgehead atoms. The van der Waals surface area contributed by atoms with Gasteiger partial charge in [0.1, 0.15) is 12.4 Å². The third kappa shape index (κ3) is 4.71. The number of aliphatic carboxylic acids is 1. The lowest BCUT2D eigenvalue weighted by molar-refractivity contribution is -0.134. The summed E-state index contributed by atoms with van der Waals surface area (Å²) in [5, 5.41) is 14.7. The van der Waals surface area contributed by atoms with E-state index in [1.807, 2.05) is 24.3 Å². The molecule has 25 heavy (non-hydrogen) atoms. The summed E-state index contributed by atoms with van der Waals surface area (Å²) in [5.74, 6) is -0.160. The van der Waals surface area contributed by atoms with Gasteiger partial charge < -0.3 is 15.7 Å². The number of carboxylic acid groups (broad SMARTS) is 1. The van der Waals surface area contributed by atoms with Gasteiger partial charge in [0.2, 0.25) is 5.95 Å². The highest BCUT2D eigenvalue weighted by molar-refractivity contribution is 5.72. The van der Waals surface area contributed by atoms with Crippen molar-refractivity contribution < 1.29 is 9.90 Å². The van der Waals surface area contributed by atoms with Crippen molar-refractivity contribution in [3.8, 4) is 11.3 Å². The Morgan fingerprint density at radius 3 is 2.60 bits per heavy atom. The molecule has 0 amide bonds. The lowest BCUT2D eigenvalue weighted by Gasteiger charge is -2.10. The van der Waals surface area contributed by atoms with Crippen LogP contribution in [0.1, 0.15) is 5.56 Å². The molecule has 0 aliphatic heterocycles. The fraction of sp³-hybridized carbons (Fsp3) is 0.118. The Balaban J connectivity index is 1.85. The molecule has 8 nitrogen and oxygen atoms in total. The highest BCUT2D eigenvalue weighted by atomic mass is 16.4. The van der Waals surface area contributed by atoms with E-state index in [4.69, 9.17) is 5.11 Å². The van der Waals surface area contributed by atoms with Gasteiger partial charge in [-0.15, -0.1) is 0 Å². The number of hydrogen-bond acceptors (Lipinski definition) is 7. The Morgan fingerprint density at radius 1 is 1.04 bits per heavy atom. The Morgan fingerprint density at radius 2 is 1.88 bits per heavy atom. The number of anilines is 2. The van der Waals surface area contributed by atoms with Crippen LogP contribution >= 0.6 is 0 Å². The third-order valence-corrected chi connectivity index (χ3v) is 3.30. The van der Waals surface area contributed by atoms with E-state index < -0.39 is 5.97 Å². The first-order valence-corrected chi connectivity index (χ1v) is 7.58. The van der Waals surface area contributed by atoms with Gasteiger partial charge in [-0.25, -0.2) is 4.98 Å². The fourth-order valence-corrected chi connectivity index (χ4v) is 2.14. The lowest BCUT2D eigenvalue weighted by Crippen LogP contribution is -2.15. The fourth-order valence-electron chi connectivity index (χ4n) is 2.14. The summed E-state index contributed by atoms with van der Waals surface area (Å²) in [6, 6.07) is 9.27. The van der Waals surface area contributed by atoms with Crippen molar-refractivity contribution >= 4 is 17.7 Å². The van der Waals surface area contributed by atoms with Crippen LogP contribution in [0, 0.1) is 0 Å². The monoisotopic (exact) mass is 336 g/mol. The van der Waals surface area contributed by atoms with E-state index in [0.29, 0.717) is 18.1 Å². The number of pyridine rings is 2. The summed E-state index contributed by atoms with van der Waals surface area (Å²) in [6.45, 7) is 0.279. The second kappa shape index (κ2) is 7.82. The van der Waals surface area contributed by atoms with Crippen LogP contribution in [-0.2, 0) is 11.3 Å². The quantitative estimate of drug-likeness (QED) is 0.601. The van der Waals surface area contributed by atoms with Crippen molar-refractivity contribution in [3.63, 3.8) is 0 Å². The highest BCUT2D eigenvalue weighted by Crippen LogP contribution is 2.21. The van der Waals surface area contributed by atoms with E-state index in [1.54, 1.807) is 30.9 Å². The molecule has 0 fully saturated rings. The molecule has 0 saturated carbocycles. The molecule has 8 heteroatoms. The van der Waals surface area contributed by atoms with E-state index in [0.717, 1.165) is 11.1 Å². The molecule has 0 radical (unpaired) electrons. The smallest absolute Gasteiger partial charge is 0.322 e. The number of nitrogens with zero attached hydrogens (tertiary/aromatic N) is 4. The molecule has 0 spiro atoms. The summed E-state index contributed by atoms with van der Waals surface area (Å²) in [7, 11) is 0. The first kappa shape index (κ1) is 16.3. The predicted octanol–water partition coefficient (Wildman–Crippen LogP) is 2.04. The number of hydrogen-bond donors (Lipinski definition) is 3. The van der Waals surface area contributed by atoms with Gasteiger partial charge in [0.15, 0.2) is 0 Å². The van der Waals surface area contributed by atoms with Crippen LogP contribution in [0.2, 0.25) is 0 Å². The predicted molar refractivity (Wildman–Crippen MR) is 93.0 cm³/mol. The molecule has 0 aliphatic carbocycles. The van der Waals surface area contributed by atoms with E-state index in [1.165, 1.54) is 0 Å². The molecule has 3 aromatic heterocycles. The van der Waals surface area contributed by atoms with Gasteiger partial charge >= 0.3 is 5.97 Å². The third-order valence-electron chi connectivity index (χ3n) is 3.30. The Hall–Kier alpha value is -3.55. The van der Waals surface area contributed by atoms with E-state index in [-0.39, 0.29) is 12.5 Å². The Bertz CT molecular complexity index is 842. The number of carbonyl (C=O) groups is 1. The zero-order valence-electron chi connectivity index (χ0n) is 13.3. The molecule has 3 N–H and O–H groups in total. The van der Waals surface area contributed by atoms with E-state index in [2.05, 4.69) is 30.6 Å². The number of nitrogens with one attached hydrogen (secondary N) is 2. The van der Waals surface area contributed by atoms with Crippen molar-refractivity contribution in [2.24, 2.45) is 0 Å². The summed E-state index contributed by atoms with van der Waals surface area (Å²) in [6.07, 6.45) is 6.82. The van der Waals surface area contributed by atoms with Gasteiger partial charge in [-0.1, -0.05) is 6.07 Å². The maximum atomic E-state index is 10.8. The van der Waals surface area contributed by atoms with Gasteiger partial charge in [-0.2, -0.15) is 4.98 Å². The molecule has 0 aliphatic rings. The molecule has 0 saturated heterocycles. The number of carboxylic acids is 1. The standard InChI is InChI=1S/C17H16N6O2/c24-16(25)11-21-17-22-14(13-3-6-18-7-4-13)8-15(23-17)20-10-12-2-1-5-19-9-12/h1-9H,10-11H2,(H,24,25)(H2,20,21,22,23). The minimum absolute atomic E-state index is 0.241. The first-order chi connectivity index (χ1) is 12.2. The van der Waals surface area contributed by atoms with Crippen LogP contribution in [0.4, 0.5) is 11.8 Å². The minimum atomic E-state index is -0.984. The molecule has 3 aromatic rings. The normalized spacial score (nSPS) is 10.2. The van der Waals surface area contributed by atoms with Crippen molar-refractivity contribution in [1.82, 2.24) is 19.9 Å². The summed E-state index contributed by atoms with van der Waals surface area (Å²) >= 11 is 0. The van der Waals surface area contributed by atoms with Crippen LogP contribution < -0.4 is 10.6 Å². The molecular formula is C17H16N6O2. The van der Waals surface area contributed by atoms with Gasteiger partial charge in [0.05, 0.1) is 5.69 Å². The zero-order valence-corrected chi connectivity index (χ0v) is 13.3. The second-order valence-corrected chi connectivity index (χ2v) is 5.16. The molecule has 0 atom stereocenters. The van der Waals surface area contributed by atoms with Crippen molar-refractivity contribution in [1.29, 1.82) is 0 Å². The first-order valence-electron chi connectivity index (χ1n) is 7.58. The molecule has 3 heterocycles. The Labute approximate surface area is 144 Å². The number of rotatable bonds is 7. The van der Waals surface area contributed by atoms with Crippen LogP contribution in [0.5, 0.6) is 0 Å². The van der Waals surface area contributed by atoms with Gasteiger partial charge in [0.25, 0.3) is 0 Å². The molecule has 126 valence electrons. The van der Waals surface area contributed by atoms with Gasteiger partial charge in [0, 0.05) is 43.0 Å². The lowest BCUT2D eigenvalue weighted by atomic mass is 10.2. The topological polar surface area (TPSA) is 113 Å². The summed E-state index contributed by atoms with van der Waals surface area (Å²) in [4.78, 5) is 27.5. The van der Waals surface area contributed by atoms with Gasteiger partial charge in [-0.3, -0.25) is 14.8 Å². The van der Waals surface area contributed by atoms with E-state index in [9.17, 15) is 4.79 Å². The van der Waals surface area contributed by atoms with Crippen LogP contribution in [0.15, 0.2) is 55.1 Å². The summed E-state index contributed by atoms with van der Waals surface area (Å²) < 4.78 is 0. The van der Waals surface area contributed by atoms with E-state index >= 15 is 0 Å². The summed E-state index contributed by atoms with van der Waals surface area (Å²) in [5.41, 5.74) is 2.53. The van der Waals surface area contributed by atoms with Gasteiger partial charge in [-0.05, 0) is 23.8 Å². The molecular weight excluding hydrogens is 320 g/mol. The van der Waals surface area contributed by atoms with Crippen LogP contribution in [0.25, 0.3) is 11.3 Å². The average molecular weight is 336 g/mol.